The number of nitrogens with zero attached hydrogens (tertiary/aromatic N) is 1. The van der Waals surface area contributed by atoms with Crippen LogP contribution in [0.4, 0.5) is 9.18 Å². The summed E-state index contributed by atoms with van der Waals surface area (Å²) in [5.74, 6) is -1.29. The first-order valence-corrected chi connectivity index (χ1v) is 11.6. The minimum absolute atomic E-state index is 0.177. The van der Waals surface area contributed by atoms with Crippen molar-refractivity contribution < 1.29 is 23.8 Å². The molecule has 178 valence electrons. The van der Waals surface area contributed by atoms with E-state index in [1.165, 1.54) is 12.1 Å². The second-order valence-electron chi connectivity index (χ2n) is 8.66. The maximum atomic E-state index is 14.6. The number of hydrogen-bond donors (Lipinski definition) is 2. The Morgan fingerprint density at radius 1 is 1.32 bits per heavy atom. The molecule has 0 aliphatic heterocycles. The maximum Gasteiger partial charge on any atom is 0.407 e. The molecular formula is C27H29FN2O4. The third-order valence-electron chi connectivity index (χ3n) is 6.42. The monoisotopic (exact) mass is 464 g/mol. The molecular weight excluding hydrogens is 435 g/mol. The number of ether oxygens (including phenoxy) is 1. The predicted octanol–water partition coefficient (Wildman–Crippen LogP) is 5.33. The van der Waals surface area contributed by atoms with Gasteiger partial charge in [-0.25, -0.2) is 14.0 Å². The molecule has 1 aliphatic rings. The Morgan fingerprint density at radius 3 is 2.76 bits per heavy atom. The second kappa shape index (κ2) is 10.1. The van der Waals surface area contributed by atoms with Crippen molar-refractivity contribution in [3.05, 3.63) is 83.3 Å². The van der Waals surface area contributed by atoms with E-state index in [1.54, 1.807) is 6.08 Å². The first kappa shape index (κ1) is 23.5. The molecule has 0 spiro atoms. The Hall–Kier alpha value is -3.61. The fraction of sp³-hybridized carbons (Fsp3) is 0.333. The Kier molecular flexibility index (Phi) is 7.01. The third kappa shape index (κ3) is 4.69. The summed E-state index contributed by atoms with van der Waals surface area (Å²) in [7, 11) is 0. The fourth-order valence-corrected chi connectivity index (χ4v) is 4.94. The zero-order valence-corrected chi connectivity index (χ0v) is 19.2. The van der Waals surface area contributed by atoms with Gasteiger partial charge in [-0.3, -0.25) is 0 Å². The number of alkyl carbamates (subject to hydrolysis) is 1. The van der Waals surface area contributed by atoms with Crippen molar-refractivity contribution in [3.8, 4) is 0 Å². The molecule has 2 aromatic carbocycles. The number of allylic oxidation sites excluding steroid dienone is 1. The molecule has 2 atom stereocenters. The van der Waals surface area contributed by atoms with E-state index in [4.69, 9.17) is 4.74 Å². The van der Waals surface area contributed by atoms with Gasteiger partial charge in [0.25, 0.3) is 0 Å². The lowest BCUT2D eigenvalue weighted by atomic mass is 9.91. The minimum atomic E-state index is -0.916. The predicted molar refractivity (Wildman–Crippen MR) is 128 cm³/mol. The van der Waals surface area contributed by atoms with E-state index in [0.29, 0.717) is 43.1 Å². The lowest BCUT2D eigenvalue weighted by Crippen LogP contribution is -2.39. The van der Waals surface area contributed by atoms with Gasteiger partial charge in [-0.1, -0.05) is 43.3 Å². The maximum absolute atomic E-state index is 14.6. The standard InChI is InChI=1S/C27H29FN2O4/c1-3-8-18-13-19(28)14-22-21-15-20(29-27(33)34-16-17-9-6-5-7-10-17)11-12-24(21)30(25(18)22)23(4-2)26(31)32/h3,5-7,9-10,13-14,20,23H,1,4,8,11-12,15-16H2,2H3,(H,29,33)(H,31,32). The first-order chi connectivity index (χ1) is 16.4. The van der Waals surface area contributed by atoms with E-state index in [-0.39, 0.29) is 18.5 Å². The van der Waals surface area contributed by atoms with Crippen LogP contribution in [0, 0.1) is 5.82 Å². The van der Waals surface area contributed by atoms with Crippen LogP contribution in [-0.4, -0.2) is 27.8 Å². The van der Waals surface area contributed by atoms with Gasteiger partial charge < -0.3 is 19.7 Å². The van der Waals surface area contributed by atoms with Gasteiger partial charge in [-0.05, 0) is 60.9 Å². The number of carbonyl (C=O) groups is 2. The number of carboxylic acids is 1. The quantitative estimate of drug-likeness (QED) is 0.442. The molecule has 1 aliphatic carbocycles. The van der Waals surface area contributed by atoms with E-state index in [9.17, 15) is 19.1 Å². The fourth-order valence-electron chi connectivity index (χ4n) is 4.94. The van der Waals surface area contributed by atoms with Crippen LogP contribution < -0.4 is 5.32 Å². The highest BCUT2D eigenvalue weighted by Crippen LogP contribution is 2.38. The summed E-state index contributed by atoms with van der Waals surface area (Å²) < 4.78 is 21.8. The van der Waals surface area contributed by atoms with Crippen molar-refractivity contribution in [3.63, 3.8) is 0 Å². The van der Waals surface area contributed by atoms with Crippen molar-refractivity contribution in [2.75, 3.05) is 0 Å². The number of nitrogens with one attached hydrogen (secondary N) is 1. The number of carboxylic acid groups (broad SMARTS) is 1. The van der Waals surface area contributed by atoms with Crippen molar-refractivity contribution in [2.45, 2.75) is 57.7 Å². The highest BCUT2D eigenvalue weighted by Gasteiger charge is 2.32. The van der Waals surface area contributed by atoms with Crippen LogP contribution in [0.25, 0.3) is 10.9 Å². The molecule has 1 aromatic heterocycles. The van der Waals surface area contributed by atoms with Gasteiger partial charge in [-0.15, -0.1) is 6.58 Å². The van der Waals surface area contributed by atoms with Crippen LogP contribution in [0.5, 0.6) is 0 Å². The second-order valence-corrected chi connectivity index (χ2v) is 8.66. The van der Waals surface area contributed by atoms with Crippen LogP contribution in [0.15, 0.2) is 55.1 Å². The smallest absolute Gasteiger partial charge is 0.407 e. The molecule has 0 radical (unpaired) electrons. The van der Waals surface area contributed by atoms with Gasteiger partial charge >= 0.3 is 12.1 Å². The summed E-state index contributed by atoms with van der Waals surface area (Å²) in [6.45, 7) is 5.79. The Labute approximate surface area is 198 Å². The average Bonchev–Trinajstić information content (AvgIpc) is 3.12. The molecule has 4 rings (SSSR count). The summed E-state index contributed by atoms with van der Waals surface area (Å²) in [5, 5.41) is 13.5. The lowest BCUT2D eigenvalue weighted by molar-refractivity contribution is -0.140. The van der Waals surface area contributed by atoms with E-state index < -0.39 is 18.1 Å². The largest absolute Gasteiger partial charge is 0.480 e. The lowest BCUT2D eigenvalue weighted by Gasteiger charge is -2.26. The average molecular weight is 465 g/mol. The van der Waals surface area contributed by atoms with E-state index in [2.05, 4.69) is 11.9 Å². The van der Waals surface area contributed by atoms with Crippen LogP contribution in [-0.2, 0) is 35.4 Å². The Morgan fingerprint density at radius 2 is 2.09 bits per heavy atom. The van der Waals surface area contributed by atoms with Crippen molar-refractivity contribution in [1.29, 1.82) is 0 Å². The number of halogens is 1. The molecule has 1 heterocycles. The Bertz CT molecular complexity index is 1220. The van der Waals surface area contributed by atoms with Crippen molar-refractivity contribution in [1.82, 2.24) is 9.88 Å². The normalized spacial score (nSPS) is 16.0. The molecule has 3 aromatic rings. The van der Waals surface area contributed by atoms with Crippen LogP contribution in [0.2, 0.25) is 0 Å². The molecule has 1 amide bonds. The Balaban J connectivity index is 1.65. The summed E-state index contributed by atoms with van der Waals surface area (Å²) in [6.07, 6.45) is 3.72. The molecule has 0 saturated carbocycles. The summed E-state index contributed by atoms with van der Waals surface area (Å²) in [6, 6.07) is 11.4. The molecule has 2 unspecified atom stereocenters. The zero-order chi connectivity index (χ0) is 24.2. The number of carbonyl (C=O) groups excluding carboxylic acids is 1. The first-order valence-electron chi connectivity index (χ1n) is 11.6. The zero-order valence-electron chi connectivity index (χ0n) is 19.2. The summed E-state index contributed by atoms with van der Waals surface area (Å²) in [4.78, 5) is 24.5. The number of amides is 1. The third-order valence-corrected chi connectivity index (χ3v) is 6.42. The van der Waals surface area contributed by atoms with E-state index in [0.717, 1.165) is 22.3 Å². The number of rotatable bonds is 8. The van der Waals surface area contributed by atoms with E-state index >= 15 is 0 Å². The number of aromatic nitrogens is 1. The van der Waals surface area contributed by atoms with Crippen LogP contribution in [0.3, 0.4) is 0 Å². The number of aliphatic carboxylic acids is 1. The summed E-state index contributed by atoms with van der Waals surface area (Å²) >= 11 is 0. The SMILES string of the molecule is C=CCc1cc(F)cc2c3c(n(C(CC)C(=O)O)c12)CCC(NC(=O)OCc1ccccc1)C3. The van der Waals surface area contributed by atoms with Crippen molar-refractivity contribution >= 4 is 23.0 Å². The highest BCUT2D eigenvalue weighted by atomic mass is 19.1. The summed E-state index contributed by atoms with van der Waals surface area (Å²) in [5.41, 5.74) is 4.14. The highest BCUT2D eigenvalue weighted by molar-refractivity contribution is 5.91. The van der Waals surface area contributed by atoms with Gasteiger partial charge in [0, 0.05) is 17.1 Å². The molecule has 0 bridgehead atoms. The molecule has 34 heavy (non-hydrogen) atoms. The van der Waals surface area contributed by atoms with E-state index in [1.807, 2.05) is 41.8 Å². The topological polar surface area (TPSA) is 80.6 Å². The van der Waals surface area contributed by atoms with Gasteiger partial charge in [0.2, 0.25) is 0 Å². The van der Waals surface area contributed by atoms with Crippen molar-refractivity contribution in [2.24, 2.45) is 0 Å². The van der Waals surface area contributed by atoms with Crippen LogP contribution in [0.1, 0.15) is 48.2 Å². The molecule has 0 saturated heterocycles. The minimum Gasteiger partial charge on any atom is -0.480 e. The number of benzene rings is 2. The number of hydrogen-bond acceptors (Lipinski definition) is 3. The number of fused-ring (bicyclic) bond motifs is 3. The van der Waals surface area contributed by atoms with Gasteiger partial charge in [0.05, 0.1) is 5.52 Å². The van der Waals surface area contributed by atoms with Crippen LogP contribution >= 0.6 is 0 Å². The van der Waals surface area contributed by atoms with Gasteiger partial charge in [0.15, 0.2) is 0 Å². The molecule has 7 heteroatoms. The molecule has 0 fully saturated rings. The molecule has 2 N–H and O–H groups in total. The molecule has 6 nitrogen and oxygen atoms in total. The van der Waals surface area contributed by atoms with Gasteiger partial charge in [0.1, 0.15) is 18.5 Å². The van der Waals surface area contributed by atoms with Gasteiger partial charge in [-0.2, -0.15) is 0 Å².